The van der Waals surface area contributed by atoms with E-state index in [4.69, 9.17) is 0 Å². The summed E-state index contributed by atoms with van der Waals surface area (Å²) in [6.45, 7) is 2.08. The second kappa shape index (κ2) is 8.14. The van der Waals surface area contributed by atoms with Gasteiger partial charge in [0.25, 0.3) is 5.91 Å². The fourth-order valence-corrected chi connectivity index (χ4v) is 6.44. The van der Waals surface area contributed by atoms with Crippen molar-refractivity contribution in [2.75, 3.05) is 26.2 Å². The fourth-order valence-electron chi connectivity index (χ4n) is 3.19. The average molecular weight is 470 g/mol. The number of piperazine rings is 1. The largest absolute Gasteiger partial charge is 0.335 e. The zero-order valence-corrected chi connectivity index (χ0v) is 18.3. The molecular formula is C19H17F2N3O3S3. The topological polar surface area (TPSA) is 70.6 Å². The van der Waals surface area contributed by atoms with Crippen LogP contribution in [0.15, 0.2) is 39.9 Å². The Bertz CT molecular complexity index is 1190. The average Bonchev–Trinajstić information content (AvgIpc) is 3.39. The molecule has 0 unspecified atom stereocenters. The molecular weight excluding hydrogens is 452 g/mol. The second-order valence-corrected chi connectivity index (χ2v) is 10.4. The van der Waals surface area contributed by atoms with Crippen LogP contribution in [0.4, 0.5) is 8.78 Å². The van der Waals surface area contributed by atoms with Crippen LogP contribution in [-0.4, -0.2) is 54.7 Å². The van der Waals surface area contributed by atoms with Crippen LogP contribution in [0.25, 0.3) is 10.6 Å². The minimum atomic E-state index is -4.19. The van der Waals surface area contributed by atoms with Crippen LogP contribution >= 0.6 is 22.7 Å². The summed E-state index contributed by atoms with van der Waals surface area (Å²) in [5.41, 5.74) is 1.59. The zero-order chi connectivity index (χ0) is 21.5. The summed E-state index contributed by atoms with van der Waals surface area (Å²) in [4.78, 5) is 18.8. The number of rotatable bonds is 4. The van der Waals surface area contributed by atoms with Gasteiger partial charge in [-0.2, -0.15) is 15.6 Å². The molecule has 0 N–H and O–H groups in total. The van der Waals surface area contributed by atoms with Crippen molar-refractivity contribution in [1.29, 1.82) is 0 Å². The number of amides is 1. The van der Waals surface area contributed by atoms with E-state index >= 15 is 0 Å². The number of thiazole rings is 1. The highest BCUT2D eigenvalue weighted by Crippen LogP contribution is 2.30. The van der Waals surface area contributed by atoms with Crippen molar-refractivity contribution in [2.24, 2.45) is 0 Å². The molecule has 0 aliphatic carbocycles. The van der Waals surface area contributed by atoms with E-state index in [1.54, 1.807) is 23.2 Å². The predicted octanol–water partition coefficient (Wildman–Crippen LogP) is 3.60. The number of halogens is 2. The number of benzene rings is 1. The number of nitrogens with zero attached hydrogens (tertiary/aromatic N) is 3. The first kappa shape index (κ1) is 21.0. The van der Waals surface area contributed by atoms with Crippen molar-refractivity contribution >= 4 is 38.6 Å². The molecule has 3 aromatic rings. The summed E-state index contributed by atoms with van der Waals surface area (Å²) in [5, 5.41) is 4.66. The van der Waals surface area contributed by atoms with E-state index in [9.17, 15) is 22.0 Å². The Morgan fingerprint density at radius 3 is 2.53 bits per heavy atom. The predicted molar refractivity (Wildman–Crippen MR) is 111 cm³/mol. The van der Waals surface area contributed by atoms with E-state index in [1.807, 2.05) is 16.8 Å². The van der Waals surface area contributed by atoms with E-state index < -0.39 is 26.6 Å². The van der Waals surface area contributed by atoms with E-state index in [0.717, 1.165) is 27.0 Å². The number of sulfonamides is 1. The number of carbonyl (C=O) groups excluding carboxylic acids is 1. The van der Waals surface area contributed by atoms with E-state index in [2.05, 4.69) is 4.98 Å². The summed E-state index contributed by atoms with van der Waals surface area (Å²) >= 11 is 2.85. The van der Waals surface area contributed by atoms with Crippen molar-refractivity contribution < 1.29 is 22.0 Å². The molecule has 30 heavy (non-hydrogen) atoms. The Labute approximate surface area is 180 Å². The molecule has 6 nitrogen and oxygen atoms in total. The van der Waals surface area contributed by atoms with Gasteiger partial charge in [-0.1, -0.05) is 0 Å². The summed E-state index contributed by atoms with van der Waals surface area (Å²) in [6, 6.07) is 4.27. The zero-order valence-electron chi connectivity index (χ0n) is 15.8. The van der Waals surface area contributed by atoms with E-state index in [-0.39, 0.29) is 32.1 Å². The number of aryl methyl sites for hydroxylation is 1. The lowest BCUT2D eigenvalue weighted by molar-refractivity contribution is 0.0701. The summed E-state index contributed by atoms with van der Waals surface area (Å²) < 4.78 is 53.9. The van der Waals surface area contributed by atoms with Gasteiger partial charge in [0.15, 0.2) is 0 Å². The van der Waals surface area contributed by atoms with Crippen LogP contribution < -0.4 is 0 Å². The minimum absolute atomic E-state index is 0.000728. The quantitative estimate of drug-likeness (QED) is 0.585. The first-order valence-corrected chi connectivity index (χ1v) is 12.2. The SMILES string of the molecule is Cc1nc(-c2ccsc2)sc1C(=O)N1CCN(S(=O)(=O)c2cc(F)ccc2F)CC1. The van der Waals surface area contributed by atoms with Gasteiger partial charge in [-0.05, 0) is 36.6 Å². The molecule has 11 heteroatoms. The maximum Gasteiger partial charge on any atom is 0.265 e. The van der Waals surface area contributed by atoms with Gasteiger partial charge in [0.2, 0.25) is 10.0 Å². The van der Waals surface area contributed by atoms with Gasteiger partial charge in [0.05, 0.1) is 5.69 Å². The lowest BCUT2D eigenvalue weighted by Crippen LogP contribution is -2.50. The smallest absolute Gasteiger partial charge is 0.265 e. The third kappa shape index (κ3) is 3.89. The van der Waals surface area contributed by atoms with Crippen LogP contribution in [0.5, 0.6) is 0 Å². The van der Waals surface area contributed by atoms with Crippen molar-refractivity contribution in [3.05, 3.63) is 57.2 Å². The van der Waals surface area contributed by atoms with E-state index in [1.165, 1.54) is 11.3 Å². The molecule has 0 bridgehead atoms. The highest BCUT2D eigenvalue weighted by atomic mass is 32.2. The van der Waals surface area contributed by atoms with Crippen LogP contribution in [0.1, 0.15) is 15.4 Å². The second-order valence-electron chi connectivity index (χ2n) is 6.72. The highest BCUT2D eigenvalue weighted by molar-refractivity contribution is 7.89. The molecule has 1 saturated heterocycles. The maximum absolute atomic E-state index is 14.0. The Balaban J connectivity index is 1.48. The summed E-state index contributed by atoms with van der Waals surface area (Å²) in [5.74, 6) is -2.04. The van der Waals surface area contributed by atoms with Gasteiger partial charge in [-0.25, -0.2) is 22.2 Å². The Morgan fingerprint density at radius 1 is 1.13 bits per heavy atom. The van der Waals surface area contributed by atoms with Crippen molar-refractivity contribution in [3.8, 4) is 10.6 Å². The van der Waals surface area contributed by atoms with Gasteiger partial charge < -0.3 is 4.90 Å². The van der Waals surface area contributed by atoms with Crippen molar-refractivity contribution in [3.63, 3.8) is 0 Å². The molecule has 2 aromatic heterocycles. The third-order valence-electron chi connectivity index (χ3n) is 4.80. The number of hydrogen-bond donors (Lipinski definition) is 0. The first-order chi connectivity index (χ1) is 14.3. The standard InChI is InChI=1S/C19H17F2N3O3S3/c1-12-17(29-18(22-12)13-4-9-28-11-13)19(25)23-5-7-24(8-6-23)30(26,27)16-10-14(20)2-3-15(16)21/h2-4,9-11H,5-8H2,1H3. The summed E-state index contributed by atoms with van der Waals surface area (Å²) in [6.07, 6.45) is 0. The Morgan fingerprint density at radius 2 is 1.87 bits per heavy atom. The van der Waals surface area contributed by atoms with Gasteiger partial charge in [-0.3, -0.25) is 4.79 Å². The lowest BCUT2D eigenvalue weighted by Gasteiger charge is -2.33. The first-order valence-electron chi connectivity index (χ1n) is 9.02. The number of hydrogen-bond acceptors (Lipinski definition) is 6. The molecule has 3 heterocycles. The van der Waals surface area contributed by atoms with Crippen molar-refractivity contribution in [1.82, 2.24) is 14.2 Å². The maximum atomic E-state index is 14.0. The molecule has 4 rings (SSSR count). The molecule has 1 aromatic carbocycles. The molecule has 0 spiro atoms. The molecule has 0 radical (unpaired) electrons. The minimum Gasteiger partial charge on any atom is -0.335 e. The third-order valence-corrected chi connectivity index (χ3v) is 8.59. The molecule has 1 aliphatic rings. The normalized spacial score (nSPS) is 15.5. The molecule has 158 valence electrons. The number of thiophene rings is 1. The monoisotopic (exact) mass is 469 g/mol. The molecule has 1 aliphatic heterocycles. The van der Waals surface area contributed by atoms with Crippen molar-refractivity contribution in [2.45, 2.75) is 11.8 Å². The van der Waals surface area contributed by atoms with Gasteiger partial charge in [0, 0.05) is 37.1 Å². The van der Waals surface area contributed by atoms with Gasteiger partial charge >= 0.3 is 0 Å². The molecule has 1 fully saturated rings. The Hall–Kier alpha value is -2.21. The summed E-state index contributed by atoms with van der Waals surface area (Å²) in [7, 11) is -4.19. The van der Waals surface area contributed by atoms with Crippen LogP contribution in [0.3, 0.4) is 0 Å². The molecule has 0 atom stereocenters. The number of carbonyl (C=O) groups is 1. The van der Waals surface area contributed by atoms with Gasteiger partial charge in [0.1, 0.15) is 26.4 Å². The Kier molecular flexibility index (Phi) is 5.71. The molecule has 0 saturated carbocycles. The highest BCUT2D eigenvalue weighted by Gasteiger charge is 2.33. The lowest BCUT2D eigenvalue weighted by atomic mass is 10.3. The number of aromatic nitrogens is 1. The van der Waals surface area contributed by atoms with E-state index in [0.29, 0.717) is 16.6 Å². The van der Waals surface area contributed by atoms with Crippen LogP contribution in [0.2, 0.25) is 0 Å². The van der Waals surface area contributed by atoms with Crippen LogP contribution in [0, 0.1) is 18.6 Å². The van der Waals surface area contributed by atoms with Gasteiger partial charge in [-0.15, -0.1) is 11.3 Å². The molecule has 1 amide bonds. The fraction of sp³-hybridized carbons (Fsp3) is 0.263. The van der Waals surface area contributed by atoms with Crippen LogP contribution in [-0.2, 0) is 10.0 Å².